The van der Waals surface area contributed by atoms with E-state index in [1.165, 1.54) is 36.0 Å². The van der Waals surface area contributed by atoms with Crippen LogP contribution in [0.3, 0.4) is 0 Å². The largest absolute Gasteiger partial charge is 0.342 e. The van der Waals surface area contributed by atoms with Crippen LogP contribution in [0.15, 0.2) is 47.6 Å². The van der Waals surface area contributed by atoms with Crippen molar-refractivity contribution >= 4 is 46.6 Å². The number of anilines is 1. The van der Waals surface area contributed by atoms with Gasteiger partial charge in [-0.25, -0.2) is 0 Å². The normalized spacial score (nSPS) is 11.8. The molecule has 184 valence electrons. The van der Waals surface area contributed by atoms with Crippen LogP contribution in [0, 0.1) is 23.0 Å². The number of non-ortho nitro benzene ring substituents is 1. The maximum absolute atomic E-state index is 12.8. The van der Waals surface area contributed by atoms with Gasteiger partial charge < -0.3 is 15.2 Å². The molecule has 1 atom stereocenters. The molecule has 0 bridgehead atoms. The Kier molecular flexibility index (Phi) is 8.47. The molecule has 0 unspecified atom stereocenters. The second kappa shape index (κ2) is 11.3. The molecular formula is C23H25ClN6O4S. The first-order chi connectivity index (χ1) is 16.6. The minimum atomic E-state index is -0.548. The topological polar surface area (TPSA) is 132 Å². The van der Waals surface area contributed by atoms with E-state index < -0.39 is 16.9 Å². The van der Waals surface area contributed by atoms with Crippen molar-refractivity contribution in [3.05, 3.63) is 74.6 Å². The molecule has 0 saturated heterocycles. The molecule has 0 aliphatic heterocycles. The second-order valence-electron chi connectivity index (χ2n) is 8.20. The highest BCUT2D eigenvalue weighted by Crippen LogP contribution is 2.25. The van der Waals surface area contributed by atoms with E-state index >= 15 is 0 Å². The van der Waals surface area contributed by atoms with Gasteiger partial charge >= 0.3 is 0 Å². The van der Waals surface area contributed by atoms with Crippen LogP contribution < -0.4 is 10.6 Å². The quantitative estimate of drug-likeness (QED) is 0.242. The molecule has 3 aromatic rings. The Balaban J connectivity index is 1.69. The third kappa shape index (κ3) is 6.58. The van der Waals surface area contributed by atoms with E-state index in [9.17, 15) is 19.7 Å². The molecular weight excluding hydrogens is 492 g/mol. The molecule has 10 nitrogen and oxygen atoms in total. The molecule has 3 rings (SSSR count). The lowest BCUT2D eigenvalue weighted by atomic mass is 10.0. The lowest BCUT2D eigenvalue weighted by Crippen LogP contribution is -2.33. The van der Waals surface area contributed by atoms with Gasteiger partial charge in [-0.15, -0.1) is 10.2 Å². The van der Waals surface area contributed by atoms with Gasteiger partial charge in [-0.1, -0.05) is 43.3 Å². The van der Waals surface area contributed by atoms with Gasteiger partial charge in [-0.05, 0) is 42.7 Å². The number of halogens is 1. The summed E-state index contributed by atoms with van der Waals surface area (Å²) in [6.45, 7) is 5.70. The minimum absolute atomic E-state index is 0.0467. The Morgan fingerprint density at radius 3 is 2.60 bits per heavy atom. The van der Waals surface area contributed by atoms with E-state index in [2.05, 4.69) is 20.8 Å². The molecule has 2 N–H and O–H groups in total. The number of carbonyl (C=O) groups is 2. The van der Waals surface area contributed by atoms with Crippen LogP contribution in [0.4, 0.5) is 11.4 Å². The van der Waals surface area contributed by atoms with Crippen LogP contribution in [-0.4, -0.2) is 37.3 Å². The van der Waals surface area contributed by atoms with Crippen molar-refractivity contribution in [2.24, 2.45) is 13.0 Å². The highest BCUT2D eigenvalue weighted by Gasteiger charge is 2.26. The summed E-state index contributed by atoms with van der Waals surface area (Å²) in [4.78, 5) is 35.7. The van der Waals surface area contributed by atoms with E-state index in [0.29, 0.717) is 21.7 Å². The lowest BCUT2D eigenvalue weighted by Gasteiger charge is -2.21. The van der Waals surface area contributed by atoms with Crippen molar-refractivity contribution in [2.45, 2.75) is 32.0 Å². The fourth-order valence-corrected chi connectivity index (χ4v) is 4.27. The van der Waals surface area contributed by atoms with Gasteiger partial charge in [0.15, 0.2) is 11.0 Å². The maximum Gasteiger partial charge on any atom is 0.270 e. The predicted octanol–water partition coefficient (Wildman–Crippen LogP) is 4.54. The van der Waals surface area contributed by atoms with Crippen molar-refractivity contribution < 1.29 is 14.5 Å². The number of carbonyl (C=O) groups excluding carboxylic acids is 2. The molecule has 0 saturated carbocycles. The number of nitrogens with zero attached hydrogens (tertiary/aromatic N) is 4. The number of nitro groups is 1. The number of thioether (sulfide) groups is 1. The van der Waals surface area contributed by atoms with Crippen LogP contribution >= 0.6 is 23.4 Å². The smallest absolute Gasteiger partial charge is 0.270 e. The number of nitrogens with one attached hydrogen (secondary N) is 2. The maximum atomic E-state index is 12.8. The van der Waals surface area contributed by atoms with Gasteiger partial charge in [0, 0.05) is 35.5 Å². The summed E-state index contributed by atoms with van der Waals surface area (Å²) in [5, 5.41) is 26.3. The van der Waals surface area contributed by atoms with Gasteiger partial charge in [-0.3, -0.25) is 19.7 Å². The Morgan fingerprint density at radius 1 is 1.20 bits per heavy atom. The monoisotopic (exact) mass is 516 g/mol. The van der Waals surface area contributed by atoms with E-state index in [4.69, 9.17) is 11.6 Å². The van der Waals surface area contributed by atoms with Crippen LogP contribution in [0.5, 0.6) is 0 Å². The summed E-state index contributed by atoms with van der Waals surface area (Å²) < 4.78 is 1.73. The first kappa shape index (κ1) is 26.2. The molecule has 2 aromatic carbocycles. The summed E-state index contributed by atoms with van der Waals surface area (Å²) in [6.07, 6.45) is 0. The minimum Gasteiger partial charge on any atom is -0.342 e. The number of aromatic nitrogens is 3. The standard InChI is InChI=1S/C23H25ClN6O4S/c1-13(2)20(26-22(32)15-6-5-7-17(11-15)30(33)34)21-27-28-23(29(21)4)35-12-19(31)25-18-9-8-16(24)10-14(18)3/h5-11,13,20H,12H2,1-4H3,(H,25,31)(H,26,32)/t20-/m1/s1. The lowest BCUT2D eigenvalue weighted by molar-refractivity contribution is -0.384. The first-order valence-corrected chi connectivity index (χ1v) is 12.1. The van der Waals surface area contributed by atoms with E-state index in [-0.39, 0.29) is 28.8 Å². The van der Waals surface area contributed by atoms with Crippen molar-refractivity contribution in [2.75, 3.05) is 11.1 Å². The number of amides is 2. The number of hydrogen-bond acceptors (Lipinski definition) is 7. The molecule has 0 aliphatic carbocycles. The highest BCUT2D eigenvalue weighted by atomic mass is 35.5. The first-order valence-electron chi connectivity index (χ1n) is 10.7. The third-order valence-corrected chi connectivity index (χ3v) is 6.47. The van der Waals surface area contributed by atoms with Crippen LogP contribution in [0.25, 0.3) is 0 Å². The summed E-state index contributed by atoms with van der Waals surface area (Å²) in [5.41, 5.74) is 1.55. The number of rotatable bonds is 9. The van der Waals surface area contributed by atoms with Crippen molar-refractivity contribution in [3.63, 3.8) is 0 Å². The SMILES string of the molecule is Cc1cc(Cl)ccc1NC(=O)CSc1nnc([C@H](NC(=O)c2cccc([N+](=O)[O-])c2)C(C)C)n1C. The predicted molar refractivity (Wildman–Crippen MR) is 135 cm³/mol. The average Bonchev–Trinajstić information content (AvgIpc) is 3.17. The molecule has 0 spiro atoms. The van der Waals surface area contributed by atoms with Crippen molar-refractivity contribution in [1.29, 1.82) is 0 Å². The number of aryl methyl sites for hydroxylation is 1. The van der Waals surface area contributed by atoms with Crippen LogP contribution in [-0.2, 0) is 11.8 Å². The number of nitro benzene ring substituents is 1. The van der Waals surface area contributed by atoms with Crippen molar-refractivity contribution in [3.8, 4) is 0 Å². The zero-order valence-corrected chi connectivity index (χ0v) is 21.2. The number of hydrogen-bond donors (Lipinski definition) is 2. The van der Waals surface area contributed by atoms with Crippen molar-refractivity contribution in [1.82, 2.24) is 20.1 Å². The van der Waals surface area contributed by atoms with Gasteiger partial charge in [0.2, 0.25) is 5.91 Å². The molecule has 0 fully saturated rings. The Labute approximate surface area is 211 Å². The van der Waals surface area contributed by atoms with Gasteiger partial charge in [0.25, 0.3) is 11.6 Å². The summed E-state index contributed by atoms with van der Waals surface area (Å²) >= 11 is 7.18. The Morgan fingerprint density at radius 2 is 1.94 bits per heavy atom. The van der Waals surface area contributed by atoms with Crippen LogP contribution in [0.2, 0.25) is 5.02 Å². The molecule has 2 amide bonds. The van der Waals surface area contributed by atoms with Crippen LogP contribution in [0.1, 0.15) is 41.6 Å². The summed E-state index contributed by atoms with van der Waals surface area (Å²) in [5.74, 6) is -0.0862. The molecule has 0 aliphatic rings. The summed E-state index contributed by atoms with van der Waals surface area (Å²) in [6, 6.07) is 10.3. The molecule has 35 heavy (non-hydrogen) atoms. The number of benzene rings is 2. The zero-order valence-electron chi connectivity index (χ0n) is 19.6. The van der Waals surface area contributed by atoms with E-state index in [1.807, 2.05) is 20.8 Å². The summed E-state index contributed by atoms with van der Waals surface area (Å²) in [7, 11) is 1.76. The molecule has 1 heterocycles. The van der Waals surface area contributed by atoms with Gasteiger partial charge in [0.05, 0.1) is 16.7 Å². The fraction of sp³-hybridized carbons (Fsp3) is 0.304. The van der Waals surface area contributed by atoms with Gasteiger partial charge in [-0.2, -0.15) is 0 Å². The molecule has 0 radical (unpaired) electrons. The highest BCUT2D eigenvalue weighted by molar-refractivity contribution is 7.99. The molecule has 12 heteroatoms. The Hall–Kier alpha value is -3.44. The zero-order chi connectivity index (χ0) is 25.7. The third-order valence-electron chi connectivity index (χ3n) is 5.21. The second-order valence-corrected chi connectivity index (χ2v) is 9.58. The fourth-order valence-electron chi connectivity index (χ4n) is 3.32. The Bertz CT molecular complexity index is 1260. The average molecular weight is 517 g/mol. The molecule has 1 aromatic heterocycles. The van der Waals surface area contributed by atoms with Gasteiger partial charge in [0.1, 0.15) is 0 Å². The van der Waals surface area contributed by atoms with E-state index in [1.54, 1.807) is 29.8 Å². The van der Waals surface area contributed by atoms with E-state index in [0.717, 1.165) is 5.56 Å².